The molecule has 1 fully saturated rings. The summed E-state index contributed by atoms with van der Waals surface area (Å²) in [6.07, 6.45) is 0.218. The highest BCUT2D eigenvalue weighted by atomic mass is 16.5. The van der Waals surface area contributed by atoms with E-state index < -0.39 is 5.97 Å². The van der Waals surface area contributed by atoms with Crippen molar-refractivity contribution in [1.82, 2.24) is 4.90 Å². The molecule has 1 aliphatic rings. The first-order valence-electron chi connectivity index (χ1n) is 7.80. The van der Waals surface area contributed by atoms with E-state index in [1.165, 1.54) is 12.1 Å². The molecule has 6 heteroatoms. The summed E-state index contributed by atoms with van der Waals surface area (Å²) in [7, 11) is 0. The number of hydrogen-bond donors (Lipinski definition) is 1. The standard InChI is InChI=1S/C18H19NO5/c1-12-2-7-16(24-12)15-11-23-9-8-19(15)17(20)10-13-3-5-14(6-4-13)18(21)22/h2-7,15H,8-11H2,1H3,(H,21,22). The van der Waals surface area contributed by atoms with Crippen molar-refractivity contribution >= 4 is 11.9 Å². The molecule has 0 spiro atoms. The number of benzene rings is 1. The summed E-state index contributed by atoms with van der Waals surface area (Å²) >= 11 is 0. The molecule has 2 heterocycles. The molecule has 126 valence electrons. The number of carboxylic acids is 1. The number of carbonyl (C=O) groups excluding carboxylic acids is 1. The predicted molar refractivity (Wildman–Crippen MR) is 85.8 cm³/mol. The van der Waals surface area contributed by atoms with Crippen LogP contribution in [0.5, 0.6) is 0 Å². The van der Waals surface area contributed by atoms with Crippen molar-refractivity contribution in [2.75, 3.05) is 19.8 Å². The second-order valence-corrected chi connectivity index (χ2v) is 5.81. The molecule has 1 atom stereocenters. The van der Waals surface area contributed by atoms with Crippen molar-refractivity contribution < 1.29 is 23.8 Å². The van der Waals surface area contributed by atoms with Gasteiger partial charge in [-0.25, -0.2) is 4.79 Å². The van der Waals surface area contributed by atoms with E-state index in [0.29, 0.717) is 19.8 Å². The van der Waals surface area contributed by atoms with E-state index >= 15 is 0 Å². The molecule has 0 aliphatic carbocycles. The van der Waals surface area contributed by atoms with Crippen molar-refractivity contribution in [1.29, 1.82) is 0 Å². The van der Waals surface area contributed by atoms with Gasteiger partial charge in [0.25, 0.3) is 0 Å². The van der Waals surface area contributed by atoms with Crippen molar-refractivity contribution in [2.45, 2.75) is 19.4 Å². The number of nitrogens with zero attached hydrogens (tertiary/aromatic N) is 1. The quantitative estimate of drug-likeness (QED) is 0.932. The zero-order chi connectivity index (χ0) is 17.1. The Bertz CT molecular complexity index is 734. The molecule has 0 saturated carbocycles. The van der Waals surface area contributed by atoms with Gasteiger partial charge in [-0.2, -0.15) is 0 Å². The van der Waals surface area contributed by atoms with Crippen molar-refractivity contribution in [3.8, 4) is 0 Å². The highest BCUT2D eigenvalue weighted by Crippen LogP contribution is 2.26. The molecule has 1 unspecified atom stereocenters. The lowest BCUT2D eigenvalue weighted by molar-refractivity contribution is -0.140. The molecular formula is C18H19NO5. The van der Waals surface area contributed by atoms with Gasteiger partial charge in [0.2, 0.25) is 5.91 Å². The van der Waals surface area contributed by atoms with Gasteiger partial charge in [0.1, 0.15) is 17.6 Å². The fraction of sp³-hybridized carbons (Fsp3) is 0.333. The maximum Gasteiger partial charge on any atom is 0.335 e. The SMILES string of the molecule is Cc1ccc(C2COCCN2C(=O)Cc2ccc(C(=O)O)cc2)o1. The Morgan fingerprint density at radius 1 is 1.21 bits per heavy atom. The van der Waals surface area contributed by atoms with E-state index in [1.54, 1.807) is 17.0 Å². The number of hydrogen-bond acceptors (Lipinski definition) is 4. The molecule has 1 aliphatic heterocycles. The number of aryl methyl sites for hydroxylation is 1. The molecule has 24 heavy (non-hydrogen) atoms. The molecule has 3 rings (SSSR count). The highest BCUT2D eigenvalue weighted by molar-refractivity contribution is 5.87. The molecule has 0 bridgehead atoms. The topological polar surface area (TPSA) is 80.0 Å². The number of rotatable bonds is 4. The van der Waals surface area contributed by atoms with E-state index in [9.17, 15) is 9.59 Å². The zero-order valence-electron chi connectivity index (χ0n) is 13.4. The van der Waals surface area contributed by atoms with E-state index in [1.807, 2.05) is 19.1 Å². The summed E-state index contributed by atoms with van der Waals surface area (Å²) < 4.78 is 11.2. The van der Waals surface area contributed by atoms with Gasteiger partial charge in [0.05, 0.1) is 25.2 Å². The number of aromatic carboxylic acids is 1. The van der Waals surface area contributed by atoms with Crippen molar-refractivity contribution in [3.05, 3.63) is 59.0 Å². The predicted octanol–water partition coefficient (Wildman–Crippen LogP) is 2.43. The Kier molecular flexibility index (Phi) is 4.66. The minimum atomic E-state index is -0.977. The average molecular weight is 329 g/mol. The van der Waals surface area contributed by atoms with Gasteiger partial charge in [-0.15, -0.1) is 0 Å². The first-order valence-corrected chi connectivity index (χ1v) is 7.80. The van der Waals surface area contributed by atoms with Crippen LogP contribution in [-0.2, 0) is 16.0 Å². The second-order valence-electron chi connectivity index (χ2n) is 5.81. The number of ether oxygens (including phenoxy) is 1. The minimum absolute atomic E-state index is 0.0274. The van der Waals surface area contributed by atoms with Gasteiger partial charge in [0.15, 0.2) is 0 Å². The van der Waals surface area contributed by atoms with Gasteiger partial charge in [0, 0.05) is 6.54 Å². The Morgan fingerprint density at radius 3 is 2.58 bits per heavy atom. The summed E-state index contributed by atoms with van der Waals surface area (Å²) in [5, 5.41) is 8.92. The number of furan rings is 1. The van der Waals surface area contributed by atoms with Gasteiger partial charge < -0.3 is 19.2 Å². The summed E-state index contributed by atoms with van der Waals surface area (Å²) in [5.41, 5.74) is 0.993. The number of morpholine rings is 1. The molecule has 0 radical (unpaired) electrons. The molecule has 1 saturated heterocycles. The lowest BCUT2D eigenvalue weighted by Gasteiger charge is -2.34. The molecule has 1 amide bonds. The maximum absolute atomic E-state index is 12.7. The van der Waals surface area contributed by atoms with Crippen LogP contribution in [0.1, 0.15) is 33.5 Å². The van der Waals surface area contributed by atoms with Crippen LogP contribution in [0.2, 0.25) is 0 Å². The monoisotopic (exact) mass is 329 g/mol. The summed E-state index contributed by atoms with van der Waals surface area (Å²) in [6.45, 7) is 3.29. The second kappa shape index (κ2) is 6.88. The summed E-state index contributed by atoms with van der Waals surface area (Å²) in [4.78, 5) is 25.3. The highest BCUT2D eigenvalue weighted by Gasteiger charge is 2.30. The molecule has 1 N–H and O–H groups in total. The molecule has 1 aromatic carbocycles. The minimum Gasteiger partial charge on any atom is -0.478 e. The van der Waals surface area contributed by atoms with Crippen molar-refractivity contribution in [3.63, 3.8) is 0 Å². The van der Waals surface area contributed by atoms with Gasteiger partial charge in [-0.1, -0.05) is 12.1 Å². The largest absolute Gasteiger partial charge is 0.478 e. The molecule has 6 nitrogen and oxygen atoms in total. The Labute approximate surface area is 139 Å². The smallest absolute Gasteiger partial charge is 0.335 e. The fourth-order valence-electron chi connectivity index (χ4n) is 2.81. The summed E-state index contributed by atoms with van der Waals surface area (Å²) in [5.74, 6) is 0.517. The average Bonchev–Trinajstić information content (AvgIpc) is 3.01. The maximum atomic E-state index is 12.7. The number of carbonyl (C=O) groups is 2. The van der Waals surface area contributed by atoms with Gasteiger partial charge in [-0.05, 0) is 36.8 Å². The molecule has 2 aromatic rings. The van der Waals surface area contributed by atoms with E-state index in [-0.39, 0.29) is 23.9 Å². The molecular weight excluding hydrogens is 310 g/mol. The van der Waals surface area contributed by atoms with E-state index in [0.717, 1.165) is 17.1 Å². The lowest BCUT2D eigenvalue weighted by atomic mass is 10.1. The first-order chi connectivity index (χ1) is 11.5. The van der Waals surface area contributed by atoms with Crippen LogP contribution in [0.15, 0.2) is 40.8 Å². The zero-order valence-corrected chi connectivity index (χ0v) is 13.4. The van der Waals surface area contributed by atoms with Crippen molar-refractivity contribution in [2.24, 2.45) is 0 Å². The number of carboxylic acid groups (broad SMARTS) is 1. The van der Waals surface area contributed by atoms with E-state index in [2.05, 4.69) is 0 Å². The molecule has 1 aromatic heterocycles. The fourth-order valence-corrected chi connectivity index (χ4v) is 2.81. The van der Waals surface area contributed by atoms with E-state index in [4.69, 9.17) is 14.3 Å². The third-order valence-corrected chi connectivity index (χ3v) is 4.09. The van der Waals surface area contributed by atoms with Gasteiger partial charge in [-0.3, -0.25) is 4.79 Å². The van der Waals surface area contributed by atoms with Crippen LogP contribution in [0, 0.1) is 6.92 Å². The Hall–Kier alpha value is -2.60. The van der Waals surface area contributed by atoms with Crippen LogP contribution in [0.4, 0.5) is 0 Å². The first kappa shape index (κ1) is 16.3. The van der Waals surface area contributed by atoms with Crippen LogP contribution in [0.25, 0.3) is 0 Å². The third-order valence-electron chi connectivity index (χ3n) is 4.09. The Balaban J connectivity index is 1.73. The lowest BCUT2D eigenvalue weighted by Crippen LogP contribution is -2.44. The van der Waals surface area contributed by atoms with Crippen LogP contribution in [0.3, 0.4) is 0 Å². The number of amides is 1. The van der Waals surface area contributed by atoms with Crippen LogP contribution in [-0.4, -0.2) is 41.6 Å². The Morgan fingerprint density at radius 2 is 1.96 bits per heavy atom. The van der Waals surface area contributed by atoms with Crippen LogP contribution < -0.4 is 0 Å². The van der Waals surface area contributed by atoms with Crippen LogP contribution >= 0.6 is 0 Å². The summed E-state index contributed by atoms with van der Waals surface area (Å²) in [6, 6.07) is 9.89. The normalized spacial score (nSPS) is 17.7. The van der Waals surface area contributed by atoms with Gasteiger partial charge >= 0.3 is 5.97 Å². The third kappa shape index (κ3) is 3.49.